The minimum Gasteiger partial charge on any atom is -0.334 e. The summed E-state index contributed by atoms with van der Waals surface area (Å²) in [6.07, 6.45) is 1.74. The van der Waals surface area contributed by atoms with Gasteiger partial charge in [-0.2, -0.15) is 0 Å². The SMILES string of the molecule is Cc1nncn1C1CN(C(=O)c2ccc(C(C)(C)C)cc2)C1. The third-order valence-electron chi connectivity index (χ3n) is 4.29. The highest BCUT2D eigenvalue weighted by molar-refractivity contribution is 5.94. The maximum absolute atomic E-state index is 12.5. The molecule has 1 amide bonds. The molecule has 0 unspecified atom stereocenters. The van der Waals surface area contributed by atoms with Crippen molar-refractivity contribution in [2.75, 3.05) is 13.1 Å². The zero-order valence-corrected chi connectivity index (χ0v) is 13.6. The highest BCUT2D eigenvalue weighted by Gasteiger charge is 2.33. The number of hydrogen-bond donors (Lipinski definition) is 0. The monoisotopic (exact) mass is 298 g/mol. The molecule has 5 nitrogen and oxygen atoms in total. The fourth-order valence-corrected chi connectivity index (χ4v) is 2.75. The highest BCUT2D eigenvalue weighted by Crippen LogP contribution is 2.26. The molecule has 1 fully saturated rings. The topological polar surface area (TPSA) is 51.0 Å². The molecule has 1 aliphatic heterocycles. The molecule has 0 N–H and O–H groups in total. The second kappa shape index (κ2) is 5.23. The minimum atomic E-state index is 0.0995. The number of aromatic nitrogens is 3. The van der Waals surface area contributed by atoms with E-state index in [1.54, 1.807) is 6.33 Å². The van der Waals surface area contributed by atoms with Crippen LogP contribution in [0.4, 0.5) is 0 Å². The predicted molar refractivity (Wildman–Crippen MR) is 84.8 cm³/mol. The van der Waals surface area contributed by atoms with Crippen LogP contribution in [-0.2, 0) is 5.41 Å². The Balaban J connectivity index is 1.65. The van der Waals surface area contributed by atoms with Crippen LogP contribution >= 0.6 is 0 Å². The first-order valence-corrected chi connectivity index (χ1v) is 7.62. The summed E-state index contributed by atoms with van der Waals surface area (Å²) in [4.78, 5) is 14.3. The van der Waals surface area contributed by atoms with E-state index in [0.29, 0.717) is 6.04 Å². The van der Waals surface area contributed by atoms with Crippen LogP contribution in [0.5, 0.6) is 0 Å². The van der Waals surface area contributed by atoms with Gasteiger partial charge < -0.3 is 9.47 Å². The number of carbonyl (C=O) groups is 1. The molecule has 116 valence electrons. The smallest absolute Gasteiger partial charge is 0.253 e. The fourth-order valence-electron chi connectivity index (χ4n) is 2.75. The van der Waals surface area contributed by atoms with Gasteiger partial charge in [-0.1, -0.05) is 32.9 Å². The van der Waals surface area contributed by atoms with Crippen LogP contribution in [0, 0.1) is 6.92 Å². The Kier molecular flexibility index (Phi) is 3.51. The molecule has 0 aliphatic carbocycles. The number of benzene rings is 1. The number of carbonyl (C=O) groups excluding carboxylic acids is 1. The standard InChI is InChI=1S/C17H22N4O/c1-12-19-18-11-21(12)15-9-20(10-15)16(22)13-5-7-14(8-6-13)17(2,3)4/h5-8,11,15H,9-10H2,1-4H3. The average molecular weight is 298 g/mol. The lowest BCUT2D eigenvalue weighted by Gasteiger charge is -2.40. The molecule has 1 aromatic heterocycles. The van der Waals surface area contributed by atoms with E-state index in [1.807, 2.05) is 28.5 Å². The summed E-state index contributed by atoms with van der Waals surface area (Å²) in [5.74, 6) is 0.995. The number of rotatable bonds is 2. The zero-order chi connectivity index (χ0) is 15.9. The molecule has 3 rings (SSSR count). The predicted octanol–water partition coefficient (Wildman–Crippen LogP) is 2.58. The Morgan fingerprint density at radius 2 is 1.82 bits per heavy atom. The molecule has 2 heterocycles. The van der Waals surface area contributed by atoms with E-state index in [2.05, 4.69) is 43.1 Å². The van der Waals surface area contributed by atoms with Crippen molar-refractivity contribution in [2.24, 2.45) is 0 Å². The molecule has 0 atom stereocenters. The number of aryl methyl sites for hydroxylation is 1. The number of likely N-dealkylation sites (tertiary alicyclic amines) is 1. The first-order valence-electron chi connectivity index (χ1n) is 7.62. The van der Waals surface area contributed by atoms with Crippen molar-refractivity contribution in [1.82, 2.24) is 19.7 Å². The summed E-state index contributed by atoms with van der Waals surface area (Å²) in [7, 11) is 0. The molecule has 0 saturated carbocycles. The van der Waals surface area contributed by atoms with Gasteiger partial charge in [0.05, 0.1) is 6.04 Å². The number of hydrogen-bond acceptors (Lipinski definition) is 3. The van der Waals surface area contributed by atoms with Crippen molar-refractivity contribution in [3.63, 3.8) is 0 Å². The van der Waals surface area contributed by atoms with Gasteiger partial charge in [0, 0.05) is 18.7 Å². The maximum Gasteiger partial charge on any atom is 0.253 e. The van der Waals surface area contributed by atoms with Gasteiger partial charge in [0.2, 0.25) is 0 Å². The number of amides is 1. The summed E-state index contributed by atoms with van der Waals surface area (Å²) in [5, 5.41) is 7.88. The molecular weight excluding hydrogens is 276 g/mol. The van der Waals surface area contributed by atoms with Crippen LogP contribution in [0.25, 0.3) is 0 Å². The van der Waals surface area contributed by atoms with Crippen LogP contribution < -0.4 is 0 Å². The Morgan fingerprint density at radius 3 is 2.32 bits per heavy atom. The Morgan fingerprint density at radius 1 is 1.18 bits per heavy atom. The normalized spacial score (nSPS) is 15.7. The summed E-state index contributed by atoms with van der Waals surface area (Å²) in [5.41, 5.74) is 2.10. The van der Waals surface area contributed by atoms with Crippen LogP contribution in [0.15, 0.2) is 30.6 Å². The van der Waals surface area contributed by atoms with Gasteiger partial charge in [0.15, 0.2) is 0 Å². The quantitative estimate of drug-likeness (QED) is 0.856. The summed E-state index contributed by atoms with van der Waals surface area (Å²) < 4.78 is 2.03. The molecule has 5 heteroatoms. The molecular formula is C17H22N4O. The van der Waals surface area contributed by atoms with Gasteiger partial charge in [-0.3, -0.25) is 4.79 Å². The zero-order valence-electron chi connectivity index (χ0n) is 13.6. The molecule has 0 spiro atoms. The van der Waals surface area contributed by atoms with Crippen molar-refractivity contribution >= 4 is 5.91 Å². The summed E-state index contributed by atoms with van der Waals surface area (Å²) in [6.45, 7) is 9.89. The van der Waals surface area contributed by atoms with Crippen LogP contribution in [0.1, 0.15) is 48.6 Å². The van der Waals surface area contributed by atoms with Crippen molar-refractivity contribution in [3.8, 4) is 0 Å². The van der Waals surface area contributed by atoms with Gasteiger partial charge in [-0.15, -0.1) is 10.2 Å². The molecule has 1 aromatic carbocycles. The van der Waals surface area contributed by atoms with E-state index in [4.69, 9.17) is 0 Å². The lowest BCUT2D eigenvalue weighted by Crippen LogP contribution is -2.50. The highest BCUT2D eigenvalue weighted by atomic mass is 16.2. The second-order valence-corrected chi connectivity index (χ2v) is 6.98. The van der Waals surface area contributed by atoms with E-state index in [-0.39, 0.29) is 11.3 Å². The van der Waals surface area contributed by atoms with Crippen molar-refractivity contribution in [1.29, 1.82) is 0 Å². The van der Waals surface area contributed by atoms with Gasteiger partial charge >= 0.3 is 0 Å². The fraction of sp³-hybridized carbons (Fsp3) is 0.471. The van der Waals surface area contributed by atoms with Gasteiger partial charge in [-0.05, 0) is 30.0 Å². The van der Waals surface area contributed by atoms with Gasteiger partial charge in [0.25, 0.3) is 5.91 Å². The Labute approximate surface area is 131 Å². The Hall–Kier alpha value is -2.17. The lowest BCUT2D eigenvalue weighted by molar-refractivity contribution is 0.0517. The van der Waals surface area contributed by atoms with Crippen molar-refractivity contribution in [3.05, 3.63) is 47.5 Å². The van der Waals surface area contributed by atoms with E-state index < -0.39 is 0 Å². The van der Waals surface area contributed by atoms with E-state index in [1.165, 1.54) is 5.56 Å². The van der Waals surface area contributed by atoms with Gasteiger partial charge in [0.1, 0.15) is 12.2 Å². The minimum absolute atomic E-state index is 0.0995. The largest absolute Gasteiger partial charge is 0.334 e. The first-order chi connectivity index (χ1) is 10.4. The van der Waals surface area contributed by atoms with Crippen LogP contribution in [-0.4, -0.2) is 38.7 Å². The second-order valence-electron chi connectivity index (χ2n) is 6.98. The molecule has 0 bridgehead atoms. The molecule has 22 heavy (non-hydrogen) atoms. The molecule has 2 aromatic rings. The van der Waals surface area contributed by atoms with E-state index in [0.717, 1.165) is 24.5 Å². The van der Waals surface area contributed by atoms with Crippen LogP contribution in [0.2, 0.25) is 0 Å². The van der Waals surface area contributed by atoms with E-state index in [9.17, 15) is 4.79 Å². The van der Waals surface area contributed by atoms with Gasteiger partial charge in [-0.25, -0.2) is 0 Å². The molecule has 0 radical (unpaired) electrons. The van der Waals surface area contributed by atoms with Crippen molar-refractivity contribution in [2.45, 2.75) is 39.2 Å². The first kappa shape index (κ1) is 14.8. The third-order valence-corrected chi connectivity index (χ3v) is 4.29. The molecule has 1 aliphatic rings. The summed E-state index contributed by atoms with van der Waals surface area (Å²) >= 11 is 0. The third kappa shape index (κ3) is 2.63. The lowest BCUT2D eigenvalue weighted by atomic mass is 9.86. The molecule has 1 saturated heterocycles. The van der Waals surface area contributed by atoms with Crippen LogP contribution in [0.3, 0.4) is 0 Å². The maximum atomic E-state index is 12.5. The Bertz CT molecular complexity index is 675. The van der Waals surface area contributed by atoms with E-state index >= 15 is 0 Å². The van der Waals surface area contributed by atoms with Crippen molar-refractivity contribution < 1.29 is 4.79 Å². The number of nitrogens with zero attached hydrogens (tertiary/aromatic N) is 4. The average Bonchev–Trinajstić information content (AvgIpc) is 2.82. The summed E-state index contributed by atoms with van der Waals surface area (Å²) in [6, 6.07) is 8.26.